The maximum Gasteiger partial charge on any atom is 0.142 e. The highest BCUT2D eigenvalue weighted by Gasteiger charge is 2.12. The smallest absolute Gasteiger partial charge is 0.142 e. The first-order chi connectivity index (χ1) is 8.58. The average Bonchev–Trinajstić information content (AvgIpc) is 2.34. The normalized spacial score (nSPS) is 12.5. The van der Waals surface area contributed by atoms with Crippen LogP contribution in [0.2, 0.25) is 10.0 Å². The summed E-state index contributed by atoms with van der Waals surface area (Å²) in [7, 11) is 0. The van der Waals surface area contributed by atoms with Gasteiger partial charge in [0.15, 0.2) is 0 Å². The number of hydrogen-bond donors (Lipinski definition) is 2. The Hall–Kier alpha value is -0.480. The van der Waals surface area contributed by atoms with Crippen LogP contribution in [0.15, 0.2) is 12.1 Å². The van der Waals surface area contributed by atoms with E-state index in [-0.39, 0.29) is 6.61 Å². The van der Waals surface area contributed by atoms with Gasteiger partial charge < -0.3 is 15.2 Å². The lowest BCUT2D eigenvalue weighted by Crippen LogP contribution is -2.18. The van der Waals surface area contributed by atoms with E-state index in [1.54, 1.807) is 6.07 Å². The van der Waals surface area contributed by atoms with E-state index in [1.807, 2.05) is 19.9 Å². The summed E-state index contributed by atoms with van der Waals surface area (Å²) in [6.07, 6.45) is 0.164. The van der Waals surface area contributed by atoms with Gasteiger partial charge >= 0.3 is 0 Å². The Kier molecular flexibility index (Phi) is 6.79. The van der Waals surface area contributed by atoms with Gasteiger partial charge in [0.2, 0.25) is 0 Å². The van der Waals surface area contributed by atoms with E-state index >= 15 is 0 Å². The quantitative estimate of drug-likeness (QED) is 0.810. The fourth-order valence-corrected chi connectivity index (χ4v) is 2.05. The Balaban J connectivity index is 2.85. The summed E-state index contributed by atoms with van der Waals surface area (Å²) in [4.78, 5) is 0. The number of aliphatic hydroxyl groups excluding tert-OH is 1. The van der Waals surface area contributed by atoms with Crippen LogP contribution in [-0.2, 0) is 6.54 Å². The third kappa shape index (κ3) is 4.65. The number of nitrogens with one attached hydrogen (secondary N) is 1. The molecule has 0 aliphatic carbocycles. The second kappa shape index (κ2) is 7.85. The van der Waals surface area contributed by atoms with Gasteiger partial charge in [-0.05, 0) is 25.1 Å². The van der Waals surface area contributed by atoms with Gasteiger partial charge in [0.25, 0.3) is 0 Å². The minimum Gasteiger partial charge on any atom is -0.489 e. The van der Waals surface area contributed by atoms with Crippen LogP contribution in [0.5, 0.6) is 5.75 Å². The van der Waals surface area contributed by atoms with Crippen molar-refractivity contribution in [2.45, 2.75) is 32.9 Å². The molecular formula is C13H19Cl2NO2. The van der Waals surface area contributed by atoms with E-state index in [1.165, 1.54) is 0 Å². The predicted molar refractivity (Wildman–Crippen MR) is 75.6 cm³/mol. The van der Waals surface area contributed by atoms with Gasteiger partial charge in [0, 0.05) is 17.1 Å². The number of benzene rings is 1. The lowest BCUT2D eigenvalue weighted by atomic mass is 10.2. The third-order valence-electron chi connectivity index (χ3n) is 2.54. The zero-order valence-electron chi connectivity index (χ0n) is 10.7. The molecule has 0 radical (unpaired) electrons. The molecule has 5 heteroatoms. The summed E-state index contributed by atoms with van der Waals surface area (Å²) in [5.74, 6) is 0.592. The van der Waals surface area contributed by atoms with Crippen LogP contribution >= 0.6 is 23.2 Å². The molecule has 0 bridgehead atoms. The number of aliphatic hydroxyl groups is 1. The van der Waals surface area contributed by atoms with Gasteiger partial charge in [-0.25, -0.2) is 0 Å². The molecule has 0 aliphatic heterocycles. The highest BCUT2D eigenvalue weighted by Crippen LogP contribution is 2.32. The zero-order valence-corrected chi connectivity index (χ0v) is 12.2. The van der Waals surface area contributed by atoms with Crippen molar-refractivity contribution in [2.24, 2.45) is 0 Å². The topological polar surface area (TPSA) is 41.5 Å². The Morgan fingerprint density at radius 1 is 1.33 bits per heavy atom. The molecule has 18 heavy (non-hydrogen) atoms. The first-order valence-electron chi connectivity index (χ1n) is 6.08. The van der Waals surface area contributed by atoms with Crippen LogP contribution in [-0.4, -0.2) is 24.4 Å². The molecule has 1 aromatic carbocycles. The molecule has 0 aliphatic rings. The van der Waals surface area contributed by atoms with E-state index in [4.69, 9.17) is 27.9 Å². The molecule has 1 unspecified atom stereocenters. The molecule has 1 aromatic rings. The van der Waals surface area contributed by atoms with E-state index in [9.17, 15) is 5.11 Å². The van der Waals surface area contributed by atoms with E-state index in [0.717, 1.165) is 12.1 Å². The number of rotatable bonds is 7. The first-order valence-corrected chi connectivity index (χ1v) is 6.83. The molecule has 0 amide bonds. The molecule has 0 saturated heterocycles. The Morgan fingerprint density at radius 2 is 2.06 bits per heavy atom. The van der Waals surface area contributed by atoms with Gasteiger partial charge in [0.1, 0.15) is 12.4 Å². The zero-order chi connectivity index (χ0) is 13.5. The first kappa shape index (κ1) is 15.6. The highest BCUT2D eigenvalue weighted by atomic mass is 35.5. The number of halogens is 2. The van der Waals surface area contributed by atoms with Crippen LogP contribution in [0, 0.1) is 0 Å². The minimum atomic E-state index is -0.483. The molecule has 0 heterocycles. The Morgan fingerprint density at radius 3 is 2.67 bits per heavy atom. The average molecular weight is 292 g/mol. The fraction of sp³-hybridized carbons (Fsp3) is 0.538. The Labute approximate surface area is 118 Å². The summed E-state index contributed by atoms with van der Waals surface area (Å²) in [6.45, 7) is 5.64. The van der Waals surface area contributed by atoms with E-state index < -0.39 is 6.10 Å². The third-order valence-corrected chi connectivity index (χ3v) is 3.04. The molecule has 0 saturated carbocycles. The van der Waals surface area contributed by atoms with Crippen LogP contribution in [0.25, 0.3) is 0 Å². The van der Waals surface area contributed by atoms with Crippen molar-refractivity contribution in [3.05, 3.63) is 27.7 Å². The second-order valence-corrected chi connectivity index (χ2v) is 4.87. The van der Waals surface area contributed by atoms with Crippen molar-refractivity contribution in [3.8, 4) is 5.75 Å². The van der Waals surface area contributed by atoms with E-state index in [2.05, 4.69) is 5.32 Å². The van der Waals surface area contributed by atoms with Gasteiger partial charge in [-0.2, -0.15) is 0 Å². The van der Waals surface area contributed by atoms with Crippen LogP contribution < -0.4 is 10.1 Å². The SMILES string of the molecule is CCNCc1cc(Cl)cc(Cl)c1OCC(O)CC. The molecule has 2 N–H and O–H groups in total. The number of ether oxygens (including phenoxy) is 1. The van der Waals surface area contributed by atoms with Gasteiger partial charge in [-0.3, -0.25) is 0 Å². The van der Waals surface area contributed by atoms with Crippen molar-refractivity contribution >= 4 is 23.2 Å². The highest BCUT2D eigenvalue weighted by molar-refractivity contribution is 6.35. The molecule has 0 fully saturated rings. The lowest BCUT2D eigenvalue weighted by Gasteiger charge is -2.16. The summed E-state index contributed by atoms with van der Waals surface area (Å²) in [6, 6.07) is 3.47. The molecule has 0 aromatic heterocycles. The van der Waals surface area contributed by atoms with Gasteiger partial charge in [0.05, 0.1) is 11.1 Å². The predicted octanol–water partition coefficient (Wildman–Crippen LogP) is 3.25. The summed E-state index contributed by atoms with van der Waals surface area (Å²) >= 11 is 12.1. The van der Waals surface area contributed by atoms with Crippen LogP contribution in [0.3, 0.4) is 0 Å². The monoisotopic (exact) mass is 291 g/mol. The van der Waals surface area contributed by atoms with Crippen molar-refractivity contribution in [2.75, 3.05) is 13.2 Å². The maximum atomic E-state index is 9.52. The van der Waals surface area contributed by atoms with E-state index in [0.29, 0.717) is 28.8 Å². The maximum absolute atomic E-state index is 9.52. The molecular weight excluding hydrogens is 273 g/mol. The largest absolute Gasteiger partial charge is 0.489 e. The van der Waals surface area contributed by atoms with Crippen molar-refractivity contribution < 1.29 is 9.84 Å². The molecule has 0 spiro atoms. The van der Waals surface area contributed by atoms with Crippen LogP contribution in [0.1, 0.15) is 25.8 Å². The number of hydrogen-bond acceptors (Lipinski definition) is 3. The minimum absolute atomic E-state index is 0.233. The van der Waals surface area contributed by atoms with Crippen LogP contribution in [0.4, 0.5) is 0 Å². The standard InChI is InChI=1S/C13H19Cl2NO2/c1-3-11(17)8-18-13-9(7-16-4-2)5-10(14)6-12(13)15/h5-6,11,16-17H,3-4,7-8H2,1-2H3. The van der Waals surface area contributed by atoms with Gasteiger partial charge in [-0.15, -0.1) is 0 Å². The van der Waals surface area contributed by atoms with Crippen molar-refractivity contribution in [3.63, 3.8) is 0 Å². The molecule has 102 valence electrons. The second-order valence-electron chi connectivity index (χ2n) is 4.03. The summed E-state index contributed by atoms with van der Waals surface area (Å²) < 4.78 is 5.59. The molecule has 1 atom stereocenters. The molecule has 3 nitrogen and oxygen atoms in total. The fourth-order valence-electron chi connectivity index (χ4n) is 1.46. The van der Waals surface area contributed by atoms with Crippen molar-refractivity contribution in [1.29, 1.82) is 0 Å². The van der Waals surface area contributed by atoms with Gasteiger partial charge in [-0.1, -0.05) is 37.0 Å². The summed E-state index contributed by atoms with van der Waals surface area (Å²) in [5, 5.41) is 13.8. The van der Waals surface area contributed by atoms with Crippen molar-refractivity contribution in [1.82, 2.24) is 5.32 Å². The molecule has 1 rings (SSSR count). The lowest BCUT2D eigenvalue weighted by molar-refractivity contribution is 0.104. The summed E-state index contributed by atoms with van der Waals surface area (Å²) in [5.41, 5.74) is 0.901. The Bertz CT molecular complexity index is 385.